The van der Waals surface area contributed by atoms with Crippen LogP contribution in [0.3, 0.4) is 0 Å². The van der Waals surface area contributed by atoms with Gasteiger partial charge >= 0.3 is 0 Å². The number of furan rings is 1. The Kier molecular flexibility index (Phi) is 3.23. The fourth-order valence-electron chi connectivity index (χ4n) is 2.08. The molecule has 3 rings (SSSR count). The minimum atomic E-state index is -0.132. The summed E-state index contributed by atoms with van der Waals surface area (Å²) in [6.45, 7) is 0.309. The zero-order valence-corrected chi connectivity index (χ0v) is 11.4. The van der Waals surface area contributed by atoms with Crippen molar-refractivity contribution in [3.63, 3.8) is 0 Å². The summed E-state index contributed by atoms with van der Waals surface area (Å²) in [6.07, 6.45) is 3.57. The van der Waals surface area contributed by atoms with Gasteiger partial charge in [-0.1, -0.05) is 17.3 Å². The molecular formula is C14H14N4O3. The molecule has 0 saturated heterocycles. The lowest BCUT2D eigenvalue weighted by Gasteiger charge is -2.04. The molecule has 21 heavy (non-hydrogen) atoms. The number of para-hydroxylation sites is 1. The molecule has 1 aromatic carbocycles. The molecule has 108 valence electrons. The maximum absolute atomic E-state index is 8.86. The molecular weight excluding hydrogens is 272 g/mol. The standard InChI is InChI=1S/C14H14N4O3/c1-18-7-9(6-16-18)8-20-12-10-4-2-3-5-11(10)21-13(12)14(15)17-19/h2-7,19H,8H2,1H3,(H2,15,17). The number of fused-ring (bicyclic) bond motifs is 1. The number of amidine groups is 1. The van der Waals surface area contributed by atoms with Gasteiger partial charge in [0.1, 0.15) is 12.2 Å². The summed E-state index contributed by atoms with van der Waals surface area (Å²) in [5, 5.41) is 16.7. The summed E-state index contributed by atoms with van der Waals surface area (Å²) >= 11 is 0. The first-order chi connectivity index (χ1) is 10.2. The first-order valence-electron chi connectivity index (χ1n) is 6.29. The Bertz CT molecular complexity index is 804. The number of oxime groups is 1. The smallest absolute Gasteiger partial charge is 0.215 e. The lowest BCUT2D eigenvalue weighted by atomic mass is 10.2. The number of aromatic nitrogens is 2. The maximum atomic E-state index is 8.86. The van der Waals surface area contributed by atoms with Crippen LogP contribution in [-0.2, 0) is 13.7 Å². The van der Waals surface area contributed by atoms with Crippen LogP contribution in [0.2, 0.25) is 0 Å². The molecule has 0 aliphatic carbocycles. The molecule has 3 aromatic rings. The monoisotopic (exact) mass is 286 g/mol. The highest BCUT2D eigenvalue weighted by atomic mass is 16.5. The lowest BCUT2D eigenvalue weighted by molar-refractivity contribution is 0.300. The van der Waals surface area contributed by atoms with Crippen LogP contribution in [0.1, 0.15) is 11.3 Å². The van der Waals surface area contributed by atoms with Gasteiger partial charge in [-0.05, 0) is 12.1 Å². The van der Waals surface area contributed by atoms with E-state index in [0.717, 1.165) is 10.9 Å². The minimum Gasteiger partial charge on any atom is -0.484 e. The summed E-state index contributed by atoms with van der Waals surface area (Å²) in [7, 11) is 1.83. The third-order valence-corrected chi connectivity index (χ3v) is 3.03. The molecule has 2 heterocycles. The zero-order chi connectivity index (χ0) is 14.8. The van der Waals surface area contributed by atoms with Crippen molar-refractivity contribution in [3.8, 4) is 5.75 Å². The Hall–Kier alpha value is -2.96. The molecule has 0 unspecified atom stereocenters. The average molecular weight is 286 g/mol. The van der Waals surface area contributed by atoms with Gasteiger partial charge in [0.05, 0.1) is 11.6 Å². The van der Waals surface area contributed by atoms with E-state index in [2.05, 4.69) is 10.3 Å². The van der Waals surface area contributed by atoms with Crippen LogP contribution in [0.25, 0.3) is 11.0 Å². The van der Waals surface area contributed by atoms with E-state index in [9.17, 15) is 0 Å². The number of aryl methyl sites for hydroxylation is 1. The highest BCUT2D eigenvalue weighted by molar-refractivity contribution is 6.03. The third kappa shape index (κ3) is 2.40. The lowest BCUT2D eigenvalue weighted by Crippen LogP contribution is -2.13. The Morgan fingerprint density at radius 1 is 1.48 bits per heavy atom. The van der Waals surface area contributed by atoms with Gasteiger partial charge in [0.15, 0.2) is 5.75 Å². The highest BCUT2D eigenvalue weighted by Gasteiger charge is 2.19. The van der Waals surface area contributed by atoms with E-state index >= 15 is 0 Å². The molecule has 0 fully saturated rings. The Balaban J connectivity index is 1.98. The second-order valence-corrected chi connectivity index (χ2v) is 4.55. The topological polar surface area (TPSA) is 98.8 Å². The third-order valence-electron chi connectivity index (χ3n) is 3.03. The molecule has 0 bridgehead atoms. The SMILES string of the molecule is Cn1cc(COc2c(/C(N)=N/O)oc3ccccc23)cn1. The van der Waals surface area contributed by atoms with Gasteiger partial charge in [0.2, 0.25) is 11.6 Å². The predicted molar refractivity (Wildman–Crippen MR) is 76.3 cm³/mol. The minimum absolute atomic E-state index is 0.132. The van der Waals surface area contributed by atoms with Crippen LogP contribution in [0, 0.1) is 0 Å². The molecule has 7 heteroatoms. The summed E-state index contributed by atoms with van der Waals surface area (Å²) in [4.78, 5) is 0. The van der Waals surface area contributed by atoms with Crippen LogP contribution < -0.4 is 10.5 Å². The molecule has 0 aliphatic rings. The quantitative estimate of drug-likeness (QED) is 0.330. The summed E-state index contributed by atoms with van der Waals surface area (Å²) in [6, 6.07) is 7.35. The molecule has 2 aromatic heterocycles. The molecule has 0 spiro atoms. The Morgan fingerprint density at radius 2 is 2.29 bits per heavy atom. The van der Waals surface area contributed by atoms with Crippen molar-refractivity contribution >= 4 is 16.8 Å². The van der Waals surface area contributed by atoms with E-state index in [4.69, 9.17) is 20.1 Å². The van der Waals surface area contributed by atoms with E-state index in [1.807, 2.05) is 31.4 Å². The first-order valence-corrected chi connectivity index (χ1v) is 6.29. The van der Waals surface area contributed by atoms with Gasteiger partial charge in [-0.25, -0.2) is 0 Å². The Morgan fingerprint density at radius 3 is 3.00 bits per heavy atom. The average Bonchev–Trinajstić information content (AvgIpc) is 3.07. The van der Waals surface area contributed by atoms with Crippen molar-refractivity contribution in [1.29, 1.82) is 0 Å². The van der Waals surface area contributed by atoms with Gasteiger partial charge in [-0.2, -0.15) is 5.10 Å². The number of nitrogens with two attached hydrogens (primary N) is 1. The van der Waals surface area contributed by atoms with Gasteiger partial charge in [0.25, 0.3) is 0 Å². The number of benzene rings is 1. The maximum Gasteiger partial charge on any atom is 0.215 e. The first kappa shape index (κ1) is 13.0. The Labute approximate surface area is 120 Å². The predicted octanol–water partition coefficient (Wildman–Crippen LogP) is 1.84. The van der Waals surface area contributed by atoms with E-state index in [0.29, 0.717) is 17.9 Å². The van der Waals surface area contributed by atoms with Crippen molar-refractivity contribution in [2.45, 2.75) is 6.61 Å². The zero-order valence-electron chi connectivity index (χ0n) is 11.4. The molecule has 3 N–H and O–H groups in total. The van der Waals surface area contributed by atoms with Crippen LogP contribution in [0.5, 0.6) is 5.75 Å². The van der Waals surface area contributed by atoms with E-state index in [-0.39, 0.29) is 11.6 Å². The van der Waals surface area contributed by atoms with Gasteiger partial charge in [-0.15, -0.1) is 0 Å². The fraction of sp³-hybridized carbons (Fsp3) is 0.143. The summed E-state index contributed by atoms with van der Waals surface area (Å²) in [5.74, 6) is 0.528. The molecule has 0 radical (unpaired) electrons. The second-order valence-electron chi connectivity index (χ2n) is 4.55. The van der Waals surface area contributed by atoms with E-state index in [1.165, 1.54) is 0 Å². The summed E-state index contributed by atoms with van der Waals surface area (Å²) in [5.41, 5.74) is 7.16. The number of nitrogens with zero attached hydrogens (tertiary/aromatic N) is 3. The van der Waals surface area contributed by atoms with Crippen molar-refractivity contribution < 1.29 is 14.4 Å². The normalized spacial score (nSPS) is 12.0. The van der Waals surface area contributed by atoms with Crippen molar-refractivity contribution in [1.82, 2.24) is 9.78 Å². The number of ether oxygens (including phenoxy) is 1. The molecule has 7 nitrogen and oxygen atoms in total. The number of rotatable bonds is 4. The number of hydrogen-bond donors (Lipinski definition) is 2. The van der Waals surface area contributed by atoms with E-state index in [1.54, 1.807) is 16.9 Å². The largest absolute Gasteiger partial charge is 0.484 e. The van der Waals surface area contributed by atoms with Crippen LogP contribution in [-0.4, -0.2) is 20.8 Å². The molecule has 0 atom stereocenters. The van der Waals surface area contributed by atoms with Crippen LogP contribution >= 0.6 is 0 Å². The number of hydrogen-bond acceptors (Lipinski definition) is 5. The van der Waals surface area contributed by atoms with Crippen molar-refractivity contribution in [2.75, 3.05) is 0 Å². The molecule has 0 aliphatic heterocycles. The highest BCUT2D eigenvalue weighted by Crippen LogP contribution is 2.33. The van der Waals surface area contributed by atoms with Gasteiger partial charge in [-0.3, -0.25) is 4.68 Å². The summed E-state index contributed by atoms with van der Waals surface area (Å²) < 4.78 is 13.1. The van der Waals surface area contributed by atoms with Crippen molar-refractivity contribution in [3.05, 3.63) is 48.0 Å². The van der Waals surface area contributed by atoms with Gasteiger partial charge in [0, 0.05) is 18.8 Å². The fourth-order valence-corrected chi connectivity index (χ4v) is 2.08. The van der Waals surface area contributed by atoms with Crippen LogP contribution in [0.4, 0.5) is 0 Å². The van der Waals surface area contributed by atoms with Crippen LogP contribution in [0.15, 0.2) is 46.2 Å². The molecule has 0 saturated carbocycles. The van der Waals surface area contributed by atoms with Crippen molar-refractivity contribution in [2.24, 2.45) is 17.9 Å². The second kappa shape index (κ2) is 5.20. The van der Waals surface area contributed by atoms with E-state index < -0.39 is 0 Å². The van der Waals surface area contributed by atoms with Gasteiger partial charge < -0.3 is 20.1 Å². The molecule has 0 amide bonds.